The Kier molecular flexibility index (Phi) is 6.30. The van der Waals surface area contributed by atoms with Gasteiger partial charge in [0, 0.05) is 37.6 Å². The van der Waals surface area contributed by atoms with E-state index in [0.29, 0.717) is 17.9 Å². The summed E-state index contributed by atoms with van der Waals surface area (Å²) in [6, 6.07) is 25.3. The van der Waals surface area contributed by atoms with Gasteiger partial charge in [0.1, 0.15) is 12.4 Å². The Balaban J connectivity index is 1.40. The zero-order chi connectivity index (χ0) is 20.8. The molecule has 154 valence electrons. The molecule has 0 aliphatic carbocycles. The molecule has 4 rings (SSSR count). The van der Waals surface area contributed by atoms with Gasteiger partial charge < -0.3 is 19.9 Å². The number of carbonyl (C=O) groups excluding carboxylic acids is 1. The standard InChI is InChI=1S/C25H27N3O2/c1-27-15-17-28(18-16-27)22-13-11-21(12-14-22)26-25(29)23-9-5-6-10-24(23)30-19-20-7-3-2-4-8-20/h2-14H,15-19H2,1H3,(H,26,29). The third-order valence-electron chi connectivity index (χ3n) is 5.36. The molecule has 0 radical (unpaired) electrons. The van der Waals surface area contributed by atoms with Crippen LogP contribution in [-0.4, -0.2) is 44.0 Å². The second-order valence-corrected chi connectivity index (χ2v) is 7.56. The molecule has 0 bridgehead atoms. The first kappa shape index (κ1) is 20.0. The molecular weight excluding hydrogens is 374 g/mol. The lowest BCUT2D eigenvalue weighted by molar-refractivity contribution is 0.102. The number of likely N-dealkylation sites (N-methyl/N-ethyl adjacent to an activating group) is 1. The molecule has 30 heavy (non-hydrogen) atoms. The van der Waals surface area contributed by atoms with Crippen LogP contribution in [0.15, 0.2) is 78.9 Å². The van der Waals surface area contributed by atoms with E-state index in [1.54, 1.807) is 6.07 Å². The van der Waals surface area contributed by atoms with E-state index < -0.39 is 0 Å². The maximum Gasteiger partial charge on any atom is 0.259 e. The molecular formula is C25H27N3O2. The summed E-state index contributed by atoms with van der Waals surface area (Å²) in [6.07, 6.45) is 0. The van der Waals surface area contributed by atoms with Crippen LogP contribution in [0.1, 0.15) is 15.9 Å². The van der Waals surface area contributed by atoms with Gasteiger partial charge in [-0.1, -0.05) is 42.5 Å². The lowest BCUT2D eigenvalue weighted by Crippen LogP contribution is -2.44. The van der Waals surface area contributed by atoms with Crippen molar-refractivity contribution >= 4 is 17.3 Å². The van der Waals surface area contributed by atoms with E-state index in [1.807, 2.05) is 60.7 Å². The number of carbonyl (C=O) groups is 1. The van der Waals surface area contributed by atoms with E-state index in [2.05, 4.69) is 34.3 Å². The van der Waals surface area contributed by atoms with E-state index in [1.165, 1.54) is 5.69 Å². The third kappa shape index (κ3) is 4.99. The largest absolute Gasteiger partial charge is 0.488 e. The van der Waals surface area contributed by atoms with Gasteiger partial charge in [-0.05, 0) is 49.0 Å². The summed E-state index contributed by atoms with van der Waals surface area (Å²) >= 11 is 0. The molecule has 3 aromatic carbocycles. The number of nitrogens with one attached hydrogen (secondary N) is 1. The first-order valence-electron chi connectivity index (χ1n) is 10.3. The number of anilines is 2. The zero-order valence-corrected chi connectivity index (χ0v) is 17.3. The van der Waals surface area contributed by atoms with E-state index >= 15 is 0 Å². The van der Waals surface area contributed by atoms with Crippen LogP contribution in [0.5, 0.6) is 5.75 Å². The van der Waals surface area contributed by atoms with Crippen molar-refractivity contribution in [1.29, 1.82) is 0 Å². The molecule has 0 aromatic heterocycles. The first-order chi connectivity index (χ1) is 14.7. The molecule has 0 atom stereocenters. The van der Waals surface area contributed by atoms with Crippen molar-refractivity contribution in [3.8, 4) is 5.75 Å². The van der Waals surface area contributed by atoms with Crippen molar-refractivity contribution in [2.75, 3.05) is 43.4 Å². The van der Waals surface area contributed by atoms with Crippen LogP contribution in [0, 0.1) is 0 Å². The minimum absolute atomic E-state index is 0.175. The molecule has 1 aliphatic rings. The number of piperazine rings is 1. The molecule has 1 saturated heterocycles. The minimum Gasteiger partial charge on any atom is -0.488 e. The van der Waals surface area contributed by atoms with Crippen molar-refractivity contribution in [1.82, 2.24) is 4.90 Å². The van der Waals surface area contributed by atoms with Gasteiger partial charge >= 0.3 is 0 Å². The molecule has 5 nitrogen and oxygen atoms in total. The number of amides is 1. The van der Waals surface area contributed by atoms with Gasteiger partial charge in [-0.15, -0.1) is 0 Å². The van der Waals surface area contributed by atoms with Crippen LogP contribution in [0.25, 0.3) is 0 Å². The van der Waals surface area contributed by atoms with Crippen LogP contribution in [0.2, 0.25) is 0 Å². The number of nitrogens with zero attached hydrogens (tertiary/aromatic N) is 2. The number of benzene rings is 3. The fourth-order valence-electron chi connectivity index (χ4n) is 3.53. The highest BCUT2D eigenvalue weighted by Crippen LogP contribution is 2.23. The normalized spacial score (nSPS) is 14.4. The molecule has 0 saturated carbocycles. The predicted molar refractivity (Wildman–Crippen MR) is 121 cm³/mol. The van der Waals surface area contributed by atoms with Gasteiger partial charge in [0.25, 0.3) is 5.91 Å². The maximum absolute atomic E-state index is 12.9. The summed E-state index contributed by atoms with van der Waals surface area (Å²) in [5.74, 6) is 0.402. The van der Waals surface area contributed by atoms with Gasteiger partial charge in [-0.2, -0.15) is 0 Å². The minimum atomic E-state index is -0.175. The summed E-state index contributed by atoms with van der Waals surface area (Å²) < 4.78 is 5.92. The monoisotopic (exact) mass is 401 g/mol. The van der Waals surface area contributed by atoms with Gasteiger partial charge in [0.05, 0.1) is 5.56 Å². The highest BCUT2D eigenvalue weighted by atomic mass is 16.5. The Bertz CT molecular complexity index is 965. The summed E-state index contributed by atoms with van der Waals surface area (Å²) in [5, 5.41) is 2.99. The molecule has 1 N–H and O–H groups in total. The zero-order valence-electron chi connectivity index (χ0n) is 17.3. The fourth-order valence-corrected chi connectivity index (χ4v) is 3.53. The Morgan fingerprint density at radius 1 is 0.867 bits per heavy atom. The van der Waals surface area contributed by atoms with Crippen LogP contribution in [0.3, 0.4) is 0 Å². The van der Waals surface area contributed by atoms with Crippen LogP contribution in [0.4, 0.5) is 11.4 Å². The lowest BCUT2D eigenvalue weighted by Gasteiger charge is -2.34. The summed E-state index contributed by atoms with van der Waals surface area (Å²) in [5.41, 5.74) is 3.55. The van der Waals surface area contributed by atoms with Gasteiger partial charge in [-0.25, -0.2) is 0 Å². The summed E-state index contributed by atoms with van der Waals surface area (Å²) in [6.45, 7) is 4.60. The van der Waals surface area contributed by atoms with Crippen molar-refractivity contribution in [2.45, 2.75) is 6.61 Å². The highest BCUT2D eigenvalue weighted by molar-refractivity contribution is 6.06. The van der Waals surface area contributed by atoms with E-state index in [4.69, 9.17) is 4.74 Å². The van der Waals surface area contributed by atoms with Crippen molar-refractivity contribution in [2.24, 2.45) is 0 Å². The average Bonchev–Trinajstić information content (AvgIpc) is 2.80. The van der Waals surface area contributed by atoms with Gasteiger partial charge in [-0.3, -0.25) is 4.79 Å². The summed E-state index contributed by atoms with van der Waals surface area (Å²) in [4.78, 5) is 17.6. The Hall–Kier alpha value is -3.31. The Morgan fingerprint density at radius 3 is 2.27 bits per heavy atom. The number of para-hydroxylation sites is 1. The quantitative estimate of drug-likeness (QED) is 0.670. The molecule has 1 heterocycles. The number of hydrogen-bond acceptors (Lipinski definition) is 4. The predicted octanol–water partition coefficient (Wildman–Crippen LogP) is 4.27. The second-order valence-electron chi connectivity index (χ2n) is 7.56. The average molecular weight is 402 g/mol. The molecule has 5 heteroatoms. The summed E-state index contributed by atoms with van der Waals surface area (Å²) in [7, 11) is 2.15. The molecule has 0 unspecified atom stereocenters. The Morgan fingerprint density at radius 2 is 1.53 bits per heavy atom. The third-order valence-corrected chi connectivity index (χ3v) is 5.36. The van der Waals surface area contributed by atoms with E-state index in [0.717, 1.165) is 37.4 Å². The van der Waals surface area contributed by atoms with Gasteiger partial charge in [0.15, 0.2) is 0 Å². The number of hydrogen-bond donors (Lipinski definition) is 1. The van der Waals surface area contributed by atoms with E-state index in [9.17, 15) is 4.79 Å². The smallest absolute Gasteiger partial charge is 0.259 e. The van der Waals surface area contributed by atoms with Crippen LogP contribution < -0.4 is 15.0 Å². The maximum atomic E-state index is 12.9. The Labute approximate surface area is 177 Å². The molecule has 0 spiro atoms. The van der Waals surface area contributed by atoms with Crippen LogP contribution >= 0.6 is 0 Å². The number of rotatable bonds is 6. The van der Waals surface area contributed by atoms with Crippen LogP contribution in [-0.2, 0) is 6.61 Å². The van der Waals surface area contributed by atoms with Gasteiger partial charge in [0.2, 0.25) is 0 Å². The lowest BCUT2D eigenvalue weighted by atomic mass is 10.1. The fraction of sp³-hybridized carbons (Fsp3) is 0.240. The second kappa shape index (κ2) is 9.46. The van der Waals surface area contributed by atoms with E-state index in [-0.39, 0.29) is 5.91 Å². The van der Waals surface area contributed by atoms with Crippen molar-refractivity contribution in [3.05, 3.63) is 90.0 Å². The van der Waals surface area contributed by atoms with Crippen molar-refractivity contribution < 1.29 is 9.53 Å². The SMILES string of the molecule is CN1CCN(c2ccc(NC(=O)c3ccccc3OCc3ccccc3)cc2)CC1. The molecule has 1 amide bonds. The number of ether oxygens (including phenoxy) is 1. The molecule has 1 aliphatic heterocycles. The highest BCUT2D eigenvalue weighted by Gasteiger charge is 2.15. The first-order valence-corrected chi connectivity index (χ1v) is 10.3. The molecule has 1 fully saturated rings. The topological polar surface area (TPSA) is 44.8 Å². The molecule has 3 aromatic rings. The van der Waals surface area contributed by atoms with Crippen molar-refractivity contribution in [3.63, 3.8) is 0 Å².